The quantitative estimate of drug-likeness (QED) is 0.741. The normalized spacial score (nSPS) is 33.9. The van der Waals surface area contributed by atoms with Gasteiger partial charge in [-0.15, -0.1) is 0 Å². The van der Waals surface area contributed by atoms with Gasteiger partial charge >= 0.3 is 6.03 Å². The Morgan fingerprint density at radius 2 is 2.06 bits per heavy atom. The van der Waals surface area contributed by atoms with Crippen molar-refractivity contribution < 1.29 is 14.7 Å². The van der Waals surface area contributed by atoms with E-state index < -0.39 is 5.54 Å². The van der Waals surface area contributed by atoms with E-state index in [-0.39, 0.29) is 24.5 Å². The Morgan fingerprint density at radius 1 is 1.44 bits per heavy atom. The molecule has 18 heavy (non-hydrogen) atoms. The van der Waals surface area contributed by atoms with E-state index >= 15 is 0 Å². The van der Waals surface area contributed by atoms with Crippen LogP contribution in [0.2, 0.25) is 0 Å². The van der Waals surface area contributed by atoms with Gasteiger partial charge in [0.1, 0.15) is 5.54 Å². The number of aliphatic hydroxyl groups excluding tert-OH is 1. The first-order chi connectivity index (χ1) is 8.49. The lowest BCUT2D eigenvalue weighted by molar-refractivity contribution is -0.129. The van der Waals surface area contributed by atoms with E-state index in [4.69, 9.17) is 5.11 Å². The highest BCUT2D eigenvalue weighted by molar-refractivity contribution is 6.07. The highest BCUT2D eigenvalue weighted by Gasteiger charge is 2.53. The van der Waals surface area contributed by atoms with Gasteiger partial charge in [-0.05, 0) is 37.5 Å². The Balaban J connectivity index is 2.19. The Labute approximate surface area is 108 Å². The Bertz CT molecular complexity index is 348. The highest BCUT2D eigenvalue weighted by atomic mass is 16.3. The summed E-state index contributed by atoms with van der Waals surface area (Å²) in [6.07, 6.45) is 3.43. The Morgan fingerprint density at radius 3 is 2.61 bits per heavy atom. The third-order valence-corrected chi connectivity index (χ3v) is 4.31. The third-order valence-electron chi connectivity index (χ3n) is 4.31. The van der Waals surface area contributed by atoms with Crippen LogP contribution in [0, 0.1) is 11.8 Å². The molecule has 1 aliphatic heterocycles. The average molecular weight is 254 g/mol. The van der Waals surface area contributed by atoms with Crippen molar-refractivity contribution in [1.82, 2.24) is 10.2 Å². The number of hydrogen-bond donors (Lipinski definition) is 2. The van der Waals surface area contributed by atoms with E-state index in [1.165, 1.54) is 0 Å². The van der Waals surface area contributed by atoms with Gasteiger partial charge in [-0.25, -0.2) is 4.79 Å². The van der Waals surface area contributed by atoms with Crippen LogP contribution in [0.25, 0.3) is 0 Å². The van der Waals surface area contributed by atoms with Crippen LogP contribution in [0.4, 0.5) is 4.79 Å². The molecule has 0 aromatic carbocycles. The van der Waals surface area contributed by atoms with Crippen molar-refractivity contribution in [1.29, 1.82) is 0 Å². The summed E-state index contributed by atoms with van der Waals surface area (Å²) in [7, 11) is 0. The first kappa shape index (κ1) is 13.3. The molecular weight excluding hydrogens is 232 g/mol. The molecule has 2 N–H and O–H groups in total. The number of carbonyl (C=O) groups excluding carboxylic acids is 2. The predicted molar refractivity (Wildman–Crippen MR) is 66.9 cm³/mol. The fourth-order valence-corrected chi connectivity index (χ4v) is 2.96. The second-order valence-corrected chi connectivity index (χ2v) is 5.87. The molecule has 1 atom stereocenters. The standard InChI is InChI=1S/C13H22N2O3/c1-9-3-5-13(6-4-9)11(17)14-12(18)15(13)7-10(2)8-16/h9-10,16H,3-8H2,1-2H3,(H,14,17,18). The number of hydrogen-bond acceptors (Lipinski definition) is 3. The minimum Gasteiger partial charge on any atom is -0.396 e. The zero-order chi connectivity index (χ0) is 13.3. The van der Waals surface area contributed by atoms with Gasteiger partial charge in [-0.1, -0.05) is 13.8 Å². The number of carbonyl (C=O) groups is 2. The molecule has 2 aliphatic rings. The first-order valence-electron chi connectivity index (χ1n) is 6.73. The van der Waals surface area contributed by atoms with Gasteiger partial charge in [0, 0.05) is 13.2 Å². The molecule has 1 saturated carbocycles. The highest BCUT2D eigenvalue weighted by Crippen LogP contribution is 2.39. The second kappa shape index (κ2) is 4.88. The number of imide groups is 1. The van der Waals surface area contributed by atoms with Gasteiger partial charge in [0.2, 0.25) is 0 Å². The minimum atomic E-state index is -0.646. The van der Waals surface area contributed by atoms with Gasteiger partial charge in [0.15, 0.2) is 0 Å². The van der Waals surface area contributed by atoms with Gasteiger partial charge in [-0.2, -0.15) is 0 Å². The van der Waals surface area contributed by atoms with Crippen LogP contribution in [0.1, 0.15) is 39.5 Å². The average Bonchev–Trinajstić information content (AvgIpc) is 2.57. The molecule has 2 rings (SSSR count). The number of amides is 3. The van der Waals surface area contributed by atoms with E-state index in [1.54, 1.807) is 4.90 Å². The first-order valence-corrected chi connectivity index (χ1v) is 6.73. The molecule has 0 bridgehead atoms. The minimum absolute atomic E-state index is 0.00197. The van der Waals surface area contributed by atoms with E-state index in [2.05, 4.69) is 12.2 Å². The summed E-state index contributed by atoms with van der Waals surface area (Å²) in [4.78, 5) is 25.7. The molecule has 3 amide bonds. The number of urea groups is 1. The molecule has 1 spiro atoms. The summed E-state index contributed by atoms with van der Waals surface area (Å²) in [5.74, 6) is 0.471. The zero-order valence-corrected chi connectivity index (χ0v) is 11.1. The topological polar surface area (TPSA) is 69.6 Å². The summed E-state index contributed by atoms with van der Waals surface area (Å²) >= 11 is 0. The van der Waals surface area contributed by atoms with Gasteiger partial charge in [0.25, 0.3) is 5.91 Å². The number of aliphatic hydroxyl groups is 1. The van der Waals surface area contributed by atoms with E-state index in [0.717, 1.165) is 25.7 Å². The fraction of sp³-hybridized carbons (Fsp3) is 0.846. The van der Waals surface area contributed by atoms with Crippen molar-refractivity contribution in [3.05, 3.63) is 0 Å². The monoisotopic (exact) mass is 254 g/mol. The molecule has 102 valence electrons. The van der Waals surface area contributed by atoms with Crippen LogP contribution in [-0.2, 0) is 4.79 Å². The summed E-state index contributed by atoms with van der Waals surface area (Å²) in [5.41, 5.74) is -0.646. The smallest absolute Gasteiger partial charge is 0.325 e. The van der Waals surface area contributed by atoms with Gasteiger partial charge in [0.05, 0.1) is 0 Å². The van der Waals surface area contributed by atoms with Crippen LogP contribution >= 0.6 is 0 Å². The summed E-state index contributed by atoms with van der Waals surface area (Å²) in [5, 5.41) is 11.6. The van der Waals surface area contributed by atoms with Crippen molar-refractivity contribution >= 4 is 11.9 Å². The molecule has 5 heteroatoms. The van der Waals surface area contributed by atoms with Crippen LogP contribution in [-0.4, -0.2) is 40.6 Å². The van der Waals surface area contributed by atoms with Crippen molar-refractivity contribution in [2.45, 2.75) is 45.1 Å². The summed E-state index contributed by atoms with van der Waals surface area (Å²) in [6.45, 7) is 4.55. The number of nitrogens with one attached hydrogen (secondary N) is 1. The zero-order valence-electron chi connectivity index (χ0n) is 11.1. The lowest BCUT2D eigenvalue weighted by Gasteiger charge is -2.40. The molecule has 1 saturated heterocycles. The fourth-order valence-electron chi connectivity index (χ4n) is 2.96. The van der Waals surface area contributed by atoms with Crippen molar-refractivity contribution in [3.8, 4) is 0 Å². The maximum atomic E-state index is 12.1. The maximum Gasteiger partial charge on any atom is 0.325 e. The molecule has 5 nitrogen and oxygen atoms in total. The molecule has 1 unspecified atom stereocenters. The Kier molecular flexibility index (Phi) is 3.61. The van der Waals surface area contributed by atoms with Crippen LogP contribution in [0.15, 0.2) is 0 Å². The lowest BCUT2D eigenvalue weighted by Crippen LogP contribution is -2.53. The maximum absolute atomic E-state index is 12.1. The lowest BCUT2D eigenvalue weighted by atomic mass is 9.76. The molecule has 0 radical (unpaired) electrons. The number of rotatable bonds is 3. The molecular formula is C13H22N2O3. The molecule has 1 aliphatic carbocycles. The van der Waals surface area contributed by atoms with Crippen LogP contribution in [0.5, 0.6) is 0 Å². The molecule has 2 fully saturated rings. The van der Waals surface area contributed by atoms with E-state index in [1.807, 2.05) is 6.92 Å². The molecule has 1 heterocycles. The van der Waals surface area contributed by atoms with E-state index in [9.17, 15) is 9.59 Å². The van der Waals surface area contributed by atoms with Gasteiger partial charge in [-0.3, -0.25) is 10.1 Å². The predicted octanol–water partition coefficient (Wildman–Crippen LogP) is 1.12. The van der Waals surface area contributed by atoms with Crippen LogP contribution in [0.3, 0.4) is 0 Å². The van der Waals surface area contributed by atoms with E-state index in [0.29, 0.717) is 12.5 Å². The second-order valence-electron chi connectivity index (χ2n) is 5.87. The molecule has 0 aromatic rings. The Hall–Kier alpha value is -1.10. The van der Waals surface area contributed by atoms with Crippen molar-refractivity contribution in [3.63, 3.8) is 0 Å². The third kappa shape index (κ3) is 2.11. The summed E-state index contributed by atoms with van der Waals surface area (Å²) in [6, 6.07) is -0.296. The van der Waals surface area contributed by atoms with Gasteiger partial charge < -0.3 is 10.0 Å². The molecule has 0 aromatic heterocycles. The SMILES string of the molecule is CC1CCC2(CC1)C(=O)NC(=O)N2CC(C)CO. The summed E-state index contributed by atoms with van der Waals surface area (Å²) < 4.78 is 0. The number of nitrogens with zero attached hydrogens (tertiary/aromatic N) is 1. The van der Waals surface area contributed by atoms with Crippen molar-refractivity contribution in [2.24, 2.45) is 11.8 Å². The largest absolute Gasteiger partial charge is 0.396 e. The van der Waals surface area contributed by atoms with Crippen molar-refractivity contribution in [2.75, 3.05) is 13.2 Å². The van der Waals surface area contributed by atoms with Crippen LogP contribution < -0.4 is 5.32 Å².